The number of hydrogen-bond donors (Lipinski definition) is 1. The van der Waals surface area contributed by atoms with Gasteiger partial charge in [0, 0.05) is 10.8 Å². The van der Waals surface area contributed by atoms with Crippen LogP contribution >= 0.6 is 35.6 Å². The molecule has 0 aliphatic carbocycles. The molecular formula is C8H8ClNS2. The Morgan fingerprint density at radius 1 is 1.42 bits per heavy atom. The van der Waals surface area contributed by atoms with Crippen molar-refractivity contribution in [2.45, 2.75) is 5.75 Å². The van der Waals surface area contributed by atoms with Gasteiger partial charge in [0.1, 0.15) is 4.32 Å². The Kier molecular flexibility index (Phi) is 3.85. The zero-order valence-corrected chi connectivity index (χ0v) is 8.68. The van der Waals surface area contributed by atoms with Gasteiger partial charge in [-0.2, -0.15) is 0 Å². The van der Waals surface area contributed by atoms with E-state index in [9.17, 15) is 0 Å². The number of thioether (sulfide) groups is 1. The van der Waals surface area contributed by atoms with Crippen molar-refractivity contribution in [3.63, 3.8) is 0 Å². The summed E-state index contributed by atoms with van der Waals surface area (Å²) in [5, 5.41) is 0.749. The van der Waals surface area contributed by atoms with Crippen LogP contribution in [0.5, 0.6) is 0 Å². The summed E-state index contributed by atoms with van der Waals surface area (Å²) in [5.41, 5.74) is 6.52. The first-order valence-corrected chi connectivity index (χ1v) is 5.12. The van der Waals surface area contributed by atoms with E-state index in [0.29, 0.717) is 4.32 Å². The third-order valence-corrected chi connectivity index (χ3v) is 2.66. The van der Waals surface area contributed by atoms with E-state index in [1.54, 1.807) is 0 Å². The lowest BCUT2D eigenvalue weighted by Gasteiger charge is -1.98. The third kappa shape index (κ3) is 3.43. The van der Waals surface area contributed by atoms with Gasteiger partial charge in [0.15, 0.2) is 0 Å². The van der Waals surface area contributed by atoms with Crippen LogP contribution in [0.3, 0.4) is 0 Å². The van der Waals surface area contributed by atoms with E-state index in [-0.39, 0.29) is 0 Å². The maximum atomic E-state index is 5.72. The normalized spacial score (nSPS) is 9.75. The molecule has 0 spiro atoms. The van der Waals surface area contributed by atoms with Crippen molar-refractivity contribution in [2.24, 2.45) is 5.73 Å². The molecule has 0 bridgehead atoms. The molecule has 1 rings (SSSR count). The number of nitrogens with two attached hydrogens (primary N) is 1. The van der Waals surface area contributed by atoms with Gasteiger partial charge in [0.25, 0.3) is 0 Å². The fourth-order valence-corrected chi connectivity index (χ4v) is 1.54. The number of benzene rings is 1. The number of rotatable bonds is 2. The van der Waals surface area contributed by atoms with E-state index >= 15 is 0 Å². The van der Waals surface area contributed by atoms with Gasteiger partial charge in [-0.25, -0.2) is 0 Å². The molecule has 1 nitrogen and oxygen atoms in total. The maximum absolute atomic E-state index is 5.72. The average molecular weight is 218 g/mol. The van der Waals surface area contributed by atoms with Gasteiger partial charge in [0.2, 0.25) is 0 Å². The molecule has 0 aromatic heterocycles. The van der Waals surface area contributed by atoms with Crippen LogP contribution in [0, 0.1) is 0 Å². The Morgan fingerprint density at radius 3 is 2.50 bits per heavy atom. The second-order valence-corrected chi connectivity index (χ2v) is 4.39. The van der Waals surface area contributed by atoms with E-state index < -0.39 is 0 Å². The molecule has 0 unspecified atom stereocenters. The average Bonchev–Trinajstić information content (AvgIpc) is 2.03. The van der Waals surface area contributed by atoms with Crippen LogP contribution in [0.15, 0.2) is 24.3 Å². The molecule has 64 valence electrons. The zero-order valence-electron chi connectivity index (χ0n) is 6.29. The van der Waals surface area contributed by atoms with E-state index in [4.69, 9.17) is 29.6 Å². The molecule has 0 atom stereocenters. The van der Waals surface area contributed by atoms with Gasteiger partial charge >= 0.3 is 0 Å². The minimum atomic E-state index is 0.477. The second-order valence-electron chi connectivity index (χ2n) is 2.23. The standard InChI is InChI=1S/C8H8ClNS2/c9-7-3-1-6(2-4-7)5-12-8(10)11/h1-4H,5H2,(H2,10,11). The lowest BCUT2D eigenvalue weighted by molar-refractivity contribution is 1.42. The zero-order chi connectivity index (χ0) is 8.97. The summed E-state index contributed by atoms with van der Waals surface area (Å²) >= 11 is 11.9. The largest absolute Gasteiger partial charge is 0.385 e. The maximum Gasteiger partial charge on any atom is 0.131 e. The molecule has 1 aromatic rings. The van der Waals surface area contributed by atoms with Crippen LogP contribution in [0.2, 0.25) is 5.02 Å². The topological polar surface area (TPSA) is 26.0 Å². The molecule has 0 aliphatic heterocycles. The van der Waals surface area contributed by atoms with Crippen LogP contribution in [0.1, 0.15) is 5.56 Å². The number of hydrogen-bond acceptors (Lipinski definition) is 2. The number of halogens is 1. The van der Waals surface area contributed by atoms with Crippen LogP contribution in [-0.2, 0) is 5.75 Å². The lowest BCUT2D eigenvalue weighted by atomic mass is 10.2. The van der Waals surface area contributed by atoms with Gasteiger partial charge in [-0.1, -0.05) is 47.7 Å². The second kappa shape index (κ2) is 4.70. The van der Waals surface area contributed by atoms with Crippen LogP contribution in [0.25, 0.3) is 0 Å². The molecule has 0 heterocycles. The summed E-state index contributed by atoms with van der Waals surface area (Å²) in [6.45, 7) is 0. The highest BCUT2D eigenvalue weighted by molar-refractivity contribution is 8.22. The van der Waals surface area contributed by atoms with Crippen molar-refractivity contribution in [1.29, 1.82) is 0 Å². The third-order valence-electron chi connectivity index (χ3n) is 1.29. The molecule has 2 N–H and O–H groups in total. The summed E-state index contributed by atoms with van der Waals surface area (Å²) in [7, 11) is 0. The highest BCUT2D eigenvalue weighted by Crippen LogP contribution is 2.15. The molecule has 0 saturated carbocycles. The highest BCUT2D eigenvalue weighted by Gasteiger charge is 1.94. The van der Waals surface area contributed by atoms with Crippen molar-refractivity contribution in [1.82, 2.24) is 0 Å². The monoisotopic (exact) mass is 217 g/mol. The Bertz CT molecular complexity index is 271. The molecular weight excluding hydrogens is 210 g/mol. The summed E-state index contributed by atoms with van der Waals surface area (Å²) in [5.74, 6) is 0.812. The van der Waals surface area contributed by atoms with Crippen molar-refractivity contribution in [3.05, 3.63) is 34.9 Å². The van der Waals surface area contributed by atoms with Crippen LogP contribution in [0.4, 0.5) is 0 Å². The highest BCUT2D eigenvalue weighted by atomic mass is 35.5. The predicted molar refractivity (Wildman–Crippen MR) is 59.5 cm³/mol. The summed E-state index contributed by atoms with van der Waals surface area (Å²) < 4.78 is 0.477. The van der Waals surface area contributed by atoms with Crippen LogP contribution < -0.4 is 5.73 Å². The first-order valence-electron chi connectivity index (χ1n) is 3.35. The van der Waals surface area contributed by atoms with E-state index in [1.165, 1.54) is 17.3 Å². The Labute approximate surface area is 86.3 Å². The fourth-order valence-electron chi connectivity index (χ4n) is 0.735. The Hall–Kier alpha value is -0.250. The predicted octanol–water partition coefficient (Wildman–Crippen LogP) is 2.82. The summed E-state index contributed by atoms with van der Waals surface area (Å²) in [6, 6.07) is 7.65. The van der Waals surface area contributed by atoms with Crippen molar-refractivity contribution >= 4 is 39.9 Å². The molecule has 0 aliphatic rings. The lowest BCUT2D eigenvalue weighted by Crippen LogP contribution is -2.01. The van der Waals surface area contributed by atoms with E-state index in [2.05, 4.69) is 0 Å². The quantitative estimate of drug-likeness (QED) is 0.772. The van der Waals surface area contributed by atoms with Gasteiger partial charge in [-0.05, 0) is 17.7 Å². The molecule has 0 saturated heterocycles. The van der Waals surface area contributed by atoms with Gasteiger partial charge in [-0.3, -0.25) is 0 Å². The molecule has 12 heavy (non-hydrogen) atoms. The van der Waals surface area contributed by atoms with Crippen molar-refractivity contribution in [2.75, 3.05) is 0 Å². The molecule has 4 heteroatoms. The number of thiocarbonyl (C=S) groups is 1. The van der Waals surface area contributed by atoms with E-state index in [1.807, 2.05) is 24.3 Å². The van der Waals surface area contributed by atoms with Crippen LogP contribution in [-0.4, -0.2) is 4.32 Å². The smallest absolute Gasteiger partial charge is 0.131 e. The first-order chi connectivity index (χ1) is 5.68. The summed E-state index contributed by atoms with van der Waals surface area (Å²) in [4.78, 5) is 0. The van der Waals surface area contributed by atoms with Crippen molar-refractivity contribution < 1.29 is 0 Å². The summed E-state index contributed by atoms with van der Waals surface area (Å²) in [6.07, 6.45) is 0. The van der Waals surface area contributed by atoms with Gasteiger partial charge < -0.3 is 5.73 Å². The first kappa shape index (κ1) is 9.84. The molecule has 0 amide bonds. The molecule has 0 fully saturated rings. The fraction of sp³-hybridized carbons (Fsp3) is 0.125. The SMILES string of the molecule is NC(=S)SCc1ccc(Cl)cc1. The van der Waals surface area contributed by atoms with Gasteiger partial charge in [0.05, 0.1) is 0 Å². The minimum Gasteiger partial charge on any atom is -0.385 e. The van der Waals surface area contributed by atoms with E-state index in [0.717, 1.165) is 10.8 Å². The van der Waals surface area contributed by atoms with Gasteiger partial charge in [-0.15, -0.1) is 0 Å². The van der Waals surface area contributed by atoms with Crippen molar-refractivity contribution in [3.8, 4) is 0 Å². The molecule has 0 radical (unpaired) electrons. The Morgan fingerprint density at radius 2 is 2.00 bits per heavy atom. The minimum absolute atomic E-state index is 0.477. The Balaban J connectivity index is 2.53. The molecule has 1 aromatic carbocycles.